The summed E-state index contributed by atoms with van der Waals surface area (Å²) in [5.74, 6) is 3.03. The van der Waals surface area contributed by atoms with Crippen molar-refractivity contribution in [3.05, 3.63) is 164 Å². The molecule has 0 amide bonds. The first-order valence-electron chi connectivity index (χ1n) is 15.6. The van der Waals surface area contributed by atoms with E-state index in [1.54, 1.807) is 6.33 Å². The third-order valence-corrected chi connectivity index (χ3v) is 7.99. The monoisotopic (exact) mass is 617 g/mol. The minimum absolute atomic E-state index is 0.583. The van der Waals surface area contributed by atoms with Gasteiger partial charge in [0.1, 0.15) is 6.33 Å². The molecule has 7 heteroatoms. The largest absolute Gasteiger partial charge is 0.256 e. The van der Waals surface area contributed by atoms with Crippen LogP contribution in [0.3, 0.4) is 0 Å². The van der Waals surface area contributed by atoms with Crippen molar-refractivity contribution in [3.8, 4) is 79.3 Å². The first-order valence-corrected chi connectivity index (χ1v) is 15.6. The summed E-state index contributed by atoms with van der Waals surface area (Å²) in [6.45, 7) is 0. The summed E-state index contributed by atoms with van der Waals surface area (Å²) in [5, 5.41) is 0. The zero-order chi connectivity index (χ0) is 32.1. The molecule has 0 N–H and O–H groups in total. The summed E-state index contributed by atoms with van der Waals surface area (Å²) in [5.41, 5.74) is 8.21. The highest BCUT2D eigenvalue weighted by molar-refractivity contribution is 5.85. The van der Waals surface area contributed by atoms with Crippen LogP contribution in [0.1, 0.15) is 0 Å². The molecule has 0 spiro atoms. The number of nitrogens with zero attached hydrogens (tertiary/aromatic N) is 7. The molecular weight excluding hydrogens is 591 g/mol. The zero-order valence-electron chi connectivity index (χ0n) is 25.7. The Bertz CT molecular complexity index is 2290. The molecule has 0 atom stereocenters. The van der Waals surface area contributed by atoms with Crippen molar-refractivity contribution in [1.29, 1.82) is 0 Å². The van der Waals surface area contributed by atoms with E-state index in [2.05, 4.69) is 28.2 Å². The van der Waals surface area contributed by atoms with E-state index in [4.69, 9.17) is 24.9 Å². The minimum Gasteiger partial charge on any atom is -0.256 e. The molecular formula is C41H27N7. The predicted octanol–water partition coefficient (Wildman–Crippen LogP) is 9.12. The molecule has 48 heavy (non-hydrogen) atoms. The van der Waals surface area contributed by atoms with Crippen LogP contribution in [0.15, 0.2) is 164 Å². The van der Waals surface area contributed by atoms with Gasteiger partial charge >= 0.3 is 0 Å². The van der Waals surface area contributed by atoms with Crippen LogP contribution < -0.4 is 0 Å². The Morgan fingerprint density at radius 3 is 1.33 bits per heavy atom. The van der Waals surface area contributed by atoms with Crippen molar-refractivity contribution in [2.75, 3.05) is 0 Å². The Labute approximate surface area is 277 Å². The van der Waals surface area contributed by atoms with Gasteiger partial charge in [0, 0.05) is 39.6 Å². The highest BCUT2D eigenvalue weighted by Gasteiger charge is 2.17. The van der Waals surface area contributed by atoms with E-state index >= 15 is 0 Å². The van der Waals surface area contributed by atoms with Gasteiger partial charge in [0.2, 0.25) is 0 Å². The molecule has 8 aromatic rings. The first kappa shape index (κ1) is 28.7. The molecule has 0 unspecified atom stereocenters. The number of hydrogen-bond donors (Lipinski definition) is 0. The average molecular weight is 618 g/mol. The number of pyridine rings is 1. The normalized spacial score (nSPS) is 10.9. The van der Waals surface area contributed by atoms with Gasteiger partial charge in [-0.3, -0.25) is 4.98 Å². The maximum atomic E-state index is 4.99. The van der Waals surface area contributed by atoms with Crippen LogP contribution in [-0.4, -0.2) is 34.9 Å². The van der Waals surface area contributed by atoms with Crippen LogP contribution in [-0.2, 0) is 0 Å². The first-order chi connectivity index (χ1) is 23.8. The van der Waals surface area contributed by atoms with Crippen LogP contribution in [0.25, 0.3) is 79.3 Å². The fourth-order valence-electron chi connectivity index (χ4n) is 5.66. The highest BCUT2D eigenvalue weighted by Crippen LogP contribution is 2.36. The van der Waals surface area contributed by atoms with E-state index in [9.17, 15) is 0 Å². The van der Waals surface area contributed by atoms with E-state index in [-0.39, 0.29) is 0 Å². The number of benzene rings is 5. The number of hydrogen-bond acceptors (Lipinski definition) is 7. The van der Waals surface area contributed by atoms with Crippen molar-refractivity contribution in [1.82, 2.24) is 34.9 Å². The lowest BCUT2D eigenvalue weighted by Crippen LogP contribution is -2.01. The van der Waals surface area contributed by atoms with Crippen LogP contribution in [0.4, 0.5) is 0 Å². The zero-order valence-corrected chi connectivity index (χ0v) is 25.7. The van der Waals surface area contributed by atoms with Gasteiger partial charge in [-0.2, -0.15) is 0 Å². The lowest BCUT2D eigenvalue weighted by atomic mass is 9.96. The summed E-state index contributed by atoms with van der Waals surface area (Å²) in [4.78, 5) is 33.5. The van der Waals surface area contributed by atoms with Crippen molar-refractivity contribution in [2.24, 2.45) is 0 Å². The second kappa shape index (κ2) is 12.9. The van der Waals surface area contributed by atoms with Crippen molar-refractivity contribution >= 4 is 0 Å². The molecule has 0 aliphatic rings. The van der Waals surface area contributed by atoms with E-state index in [1.807, 2.05) is 140 Å². The summed E-state index contributed by atoms with van der Waals surface area (Å²) in [7, 11) is 0. The van der Waals surface area contributed by atoms with Gasteiger partial charge in [-0.05, 0) is 23.3 Å². The minimum atomic E-state index is 0.583. The Morgan fingerprint density at radius 2 is 0.729 bits per heavy atom. The third kappa shape index (κ3) is 5.84. The Morgan fingerprint density at radius 1 is 0.292 bits per heavy atom. The van der Waals surface area contributed by atoms with Crippen LogP contribution in [0.2, 0.25) is 0 Å². The van der Waals surface area contributed by atoms with Gasteiger partial charge in [0.25, 0.3) is 0 Å². The summed E-state index contributed by atoms with van der Waals surface area (Å²) in [6.07, 6.45) is 3.39. The van der Waals surface area contributed by atoms with Gasteiger partial charge in [-0.1, -0.05) is 140 Å². The summed E-state index contributed by atoms with van der Waals surface area (Å²) < 4.78 is 0. The third-order valence-electron chi connectivity index (χ3n) is 7.99. The molecule has 7 nitrogen and oxygen atoms in total. The van der Waals surface area contributed by atoms with Crippen LogP contribution in [0.5, 0.6) is 0 Å². The molecule has 0 bridgehead atoms. The van der Waals surface area contributed by atoms with Crippen molar-refractivity contribution in [3.63, 3.8) is 0 Å². The molecule has 0 saturated heterocycles. The molecule has 226 valence electrons. The topological polar surface area (TPSA) is 90.2 Å². The van der Waals surface area contributed by atoms with Gasteiger partial charge in [-0.15, -0.1) is 0 Å². The maximum absolute atomic E-state index is 4.99. The van der Waals surface area contributed by atoms with Gasteiger partial charge in [0.15, 0.2) is 29.1 Å². The second-order valence-corrected chi connectivity index (χ2v) is 11.1. The molecule has 0 fully saturated rings. The highest BCUT2D eigenvalue weighted by atomic mass is 15.0. The lowest BCUT2D eigenvalue weighted by molar-refractivity contribution is 1.06. The van der Waals surface area contributed by atoms with Crippen molar-refractivity contribution in [2.45, 2.75) is 0 Å². The fraction of sp³-hybridized carbons (Fsp3) is 0. The van der Waals surface area contributed by atoms with E-state index in [1.165, 1.54) is 0 Å². The van der Waals surface area contributed by atoms with Gasteiger partial charge < -0.3 is 0 Å². The number of rotatable bonds is 7. The van der Waals surface area contributed by atoms with Crippen LogP contribution in [0, 0.1) is 0 Å². The second-order valence-electron chi connectivity index (χ2n) is 11.1. The molecule has 0 radical (unpaired) electrons. The standard InChI is InChI=1S/C41H27N7/c1-4-14-28(15-5-1)37-43-27-44-40(45-37)35-23-13-11-21-33(35)36-26-31(24-25-42-36)32-20-10-12-22-34(32)41-47-38(29-16-6-2-7-17-29)46-39(48-41)30-18-8-3-9-19-30/h1-27H. The Hall–Kier alpha value is -6.73. The SMILES string of the molecule is c1ccc(-c2nc(-c3ccccc3)nc(-c3ccccc3-c3ccnc(-c4ccccc4-c4ncnc(-c5ccccc5)n4)c3)n2)cc1. The maximum Gasteiger partial charge on any atom is 0.164 e. The molecule has 5 aromatic carbocycles. The quantitative estimate of drug-likeness (QED) is 0.176. The van der Waals surface area contributed by atoms with E-state index < -0.39 is 0 Å². The van der Waals surface area contributed by atoms with Gasteiger partial charge in [0.05, 0.1) is 5.69 Å². The molecule has 0 aliphatic carbocycles. The predicted molar refractivity (Wildman–Crippen MR) is 189 cm³/mol. The molecule has 0 saturated carbocycles. The average Bonchev–Trinajstić information content (AvgIpc) is 3.19. The number of aromatic nitrogens is 7. The molecule has 8 rings (SSSR count). The van der Waals surface area contributed by atoms with Crippen molar-refractivity contribution < 1.29 is 0 Å². The fourth-order valence-corrected chi connectivity index (χ4v) is 5.66. The molecule has 3 heterocycles. The lowest BCUT2D eigenvalue weighted by Gasteiger charge is -2.13. The molecule has 3 aromatic heterocycles. The Balaban J connectivity index is 1.23. The van der Waals surface area contributed by atoms with E-state index in [0.29, 0.717) is 29.1 Å². The molecule has 0 aliphatic heterocycles. The van der Waals surface area contributed by atoms with Gasteiger partial charge in [-0.25, -0.2) is 29.9 Å². The Kier molecular flexibility index (Phi) is 7.74. The van der Waals surface area contributed by atoms with E-state index in [0.717, 1.165) is 50.2 Å². The summed E-state index contributed by atoms with van der Waals surface area (Å²) >= 11 is 0. The van der Waals surface area contributed by atoms with Crippen LogP contribution >= 0.6 is 0 Å². The smallest absolute Gasteiger partial charge is 0.164 e. The summed E-state index contributed by atoms with van der Waals surface area (Å²) in [6, 6.07) is 50.2.